The van der Waals surface area contributed by atoms with Gasteiger partial charge in [-0.05, 0) is 24.3 Å². The first-order chi connectivity index (χ1) is 14.9. The van der Waals surface area contributed by atoms with E-state index >= 15 is 0 Å². The number of carbonyl (C=O) groups excluding carboxylic acids is 1. The van der Waals surface area contributed by atoms with E-state index in [2.05, 4.69) is 5.10 Å². The summed E-state index contributed by atoms with van der Waals surface area (Å²) in [6, 6.07) is 4.63. The molecule has 1 aromatic carbocycles. The zero-order chi connectivity index (χ0) is 23.7. The van der Waals surface area contributed by atoms with Crippen LogP contribution in [0.15, 0.2) is 24.3 Å². The Balaban J connectivity index is 1.84. The molecular weight excluding hydrogens is 477 g/mol. The second kappa shape index (κ2) is 9.25. The van der Waals surface area contributed by atoms with Gasteiger partial charge in [0.25, 0.3) is 11.6 Å². The molecule has 176 valence electrons. The van der Waals surface area contributed by atoms with Gasteiger partial charge in [0.15, 0.2) is 5.69 Å². The number of alkyl halides is 3. The van der Waals surface area contributed by atoms with Crippen molar-refractivity contribution in [2.24, 2.45) is 5.92 Å². The van der Waals surface area contributed by atoms with Crippen molar-refractivity contribution in [3.8, 4) is 0 Å². The highest BCUT2D eigenvalue weighted by Crippen LogP contribution is 2.49. The average molecular weight is 496 g/mol. The molecule has 1 aliphatic rings. The Morgan fingerprint density at radius 2 is 2.16 bits per heavy atom. The fourth-order valence-electron chi connectivity index (χ4n) is 3.48. The minimum atomic E-state index is -4.72. The van der Waals surface area contributed by atoms with Crippen LogP contribution in [0.4, 0.5) is 18.9 Å². The summed E-state index contributed by atoms with van der Waals surface area (Å²) in [5.74, 6) is -0.750. The highest BCUT2D eigenvalue weighted by molar-refractivity contribution is 8.24. The standard InChI is InChI=1S/C18H20ClF3N4O5S/c19-16-12(2-1-3-14(16)26(28)29)9-25(6-4-11-5-7-32(30,31)10-11)17(27)13-8-15(24-23-13)18(20,21)22/h1-3,8,11,30-31H,4-7,9-10H2,(H,23,24)/p-1. The molecule has 1 aromatic heterocycles. The van der Waals surface area contributed by atoms with Crippen molar-refractivity contribution >= 4 is 33.8 Å². The van der Waals surface area contributed by atoms with Crippen LogP contribution in [0.3, 0.4) is 0 Å². The maximum atomic E-state index is 12.9. The van der Waals surface area contributed by atoms with Crippen molar-refractivity contribution in [1.29, 1.82) is 0 Å². The fraction of sp³-hybridized carbons (Fsp3) is 0.444. The van der Waals surface area contributed by atoms with Gasteiger partial charge in [-0.25, -0.2) is 0 Å². The first-order valence-corrected chi connectivity index (χ1v) is 11.7. The topological polar surface area (TPSA) is 135 Å². The molecule has 1 amide bonds. The minimum Gasteiger partial charge on any atom is -0.768 e. The second-order valence-electron chi connectivity index (χ2n) is 7.49. The molecule has 1 fully saturated rings. The van der Waals surface area contributed by atoms with E-state index in [9.17, 15) is 37.2 Å². The van der Waals surface area contributed by atoms with Crippen molar-refractivity contribution in [1.82, 2.24) is 15.1 Å². The summed E-state index contributed by atoms with van der Waals surface area (Å²) >= 11 is 6.11. The number of benzene rings is 1. The van der Waals surface area contributed by atoms with E-state index in [1.807, 2.05) is 0 Å². The number of hydrogen-bond acceptors (Lipinski definition) is 6. The monoisotopic (exact) mass is 495 g/mol. The van der Waals surface area contributed by atoms with E-state index in [4.69, 9.17) is 11.6 Å². The zero-order valence-electron chi connectivity index (χ0n) is 16.5. The third-order valence-corrected chi connectivity index (χ3v) is 7.46. The highest BCUT2D eigenvalue weighted by Gasteiger charge is 2.35. The normalized spacial score (nSPS) is 23.0. The number of nitrogens with zero attached hydrogens (tertiary/aromatic N) is 3. The molecule has 2 aromatic rings. The Bertz CT molecular complexity index is 1020. The number of nitrogens with one attached hydrogen (secondary N) is 1. The van der Waals surface area contributed by atoms with Crippen LogP contribution < -0.4 is 0 Å². The van der Waals surface area contributed by atoms with E-state index < -0.39 is 39.0 Å². The van der Waals surface area contributed by atoms with Crippen LogP contribution in [0.5, 0.6) is 0 Å². The third kappa shape index (κ3) is 5.71. The van der Waals surface area contributed by atoms with Crippen LogP contribution >= 0.6 is 22.2 Å². The lowest BCUT2D eigenvalue weighted by Gasteiger charge is -2.41. The summed E-state index contributed by atoms with van der Waals surface area (Å²) in [5, 5.41) is 16.2. The maximum absolute atomic E-state index is 12.9. The number of hydrogen-bond donors (Lipinski definition) is 2. The van der Waals surface area contributed by atoms with Gasteiger partial charge in [-0.2, -0.15) is 18.3 Å². The van der Waals surface area contributed by atoms with E-state index in [-0.39, 0.29) is 46.8 Å². The van der Waals surface area contributed by atoms with Crippen LogP contribution in [0.1, 0.15) is 34.6 Å². The van der Waals surface area contributed by atoms with Crippen molar-refractivity contribution in [2.45, 2.75) is 25.6 Å². The van der Waals surface area contributed by atoms with Gasteiger partial charge in [0.2, 0.25) is 0 Å². The predicted molar refractivity (Wildman–Crippen MR) is 110 cm³/mol. The number of nitro benzene ring substituents is 1. The molecule has 32 heavy (non-hydrogen) atoms. The van der Waals surface area contributed by atoms with Crippen LogP contribution in [0.25, 0.3) is 0 Å². The summed E-state index contributed by atoms with van der Waals surface area (Å²) in [7, 11) is -2.90. The van der Waals surface area contributed by atoms with Gasteiger partial charge >= 0.3 is 6.18 Å². The lowest BCUT2D eigenvalue weighted by molar-refractivity contribution is -0.384. The van der Waals surface area contributed by atoms with Crippen LogP contribution in [0, 0.1) is 16.0 Å². The number of halogens is 4. The molecule has 2 atom stereocenters. The molecule has 2 heterocycles. The summed E-state index contributed by atoms with van der Waals surface area (Å²) in [6.45, 7) is -0.180. The smallest absolute Gasteiger partial charge is 0.432 e. The molecule has 0 radical (unpaired) electrons. The first-order valence-electron chi connectivity index (χ1n) is 9.43. The Morgan fingerprint density at radius 1 is 1.44 bits per heavy atom. The summed E-state index contributed by atoms with van der Waals surface area (Å²) in [6.07, 6.45) is -3.91. The molecule has 1 aliphatic heterocycles. The average Bonchev–Trinajstić information content (AvgIpc) is 3.32. The molecule has 3 rings (SSSR count). The van der Waals surface area contributed by atoms with Crippen molar-refractivity contribution in [3.05, 3.63) is 56.4 Å². The fourth-order valence-corrected chi connectivity index (χ4v) is 5.67. The van der Waals surface area contributed by atoms with Crippen molar-refractivity contribution in [2.75, 3.05) is 18.1 Å². The molecule has 14 heteroatoms. The molecule has 2 unspecified atom stereocenters. The SMILES string of the molecule is O=C(c1cc(C(F)(F)F)[nH]n1)N(CCC1CCS([O-])(O)C1)Cc1cccc([N+](=O)[O-])c1Cl. The van der Waals surface area contributed by atoms with E-state index in [1.54, 1.807) is 5.10 Å². The predicted octanol–water partition coefficient (Wildman–Crippen LogP) is 4.45. The number of H-pyrrole nitrogens is 1. The molecule has 1 saturated heterocycles. The lowest BCUT2D eigenvalue weighted by atomic mass is 10.0. The molecule has 2 N–H and O–H groups in total. The molecule has 0 saturated carbocycles. The van der Waals surface area contributed by atoms with E-state index in [0.717, 1.165) is 0 Å². The molecule has 9 nitrogen and oxygen atoms in total. The number of amides is 1. The van der Waals surface area contributed by atoms with Gasteiger partial charge in [-0.1, -0.05) is 23.7 Å². The second-order valence-corrected chi connectivity index (χ2v) is 10.2. The minimum absolute atomic E-state index is 0.0340. The largest absolute Gasteiger partial charge is 0.768 e. The zero-order valence-corrected chi connectivity index (χ0v) is 18.0. The van der Waals surface area contributed by atoms with Crippen molar-refractivity contribution in [3.63, 3.8) is 0 Å². The van der Waals surface area contributed by atoms with Gasteiger partial charge < -0.3 is 24.6 Å². The maximum Gasteiger partial charge on any atom is 0.432 e. The summed E-state index contributed by atoms with van der Waals surface area (Å²) < 4.78 is 60.1. The van der Waals surface area contributed by atoms with Crippen LogP contribution in [-0.2, 0) is 12.7 Å². The van der Waals surface area contributed by atoms with E-state index in [0.29, 0.717) is 18.9 Å². The number of aromatic amines is 1. The molecule has 0 spiro atoms. The Labute approximate surface area is 187 Å². The Kier molecular flexibility index (Phi) is 7.03. The van der Waals surface area contributed by atoms with Crippen LogP contribution in [0.2, 0.25) is 5.02 Å². The molecular formula is C18H19ClF3N4O5S-. The van der Waals surface area contributed by atoms with Gasteiger partial charge in [-0.3, -0.25) is 20.0 Å². The quantitative estimate of drug-likeness (QED) is 0.430. The summed E-state index contributed by atoms with van der Waals surface area (Å²) in [4.78, 5) is 24.6. The number of rotatable bonds is 7. The van der Waals surface area contributed by atoms with Gasteiger partial charge in [0.05, 0.1) is 4.92 Å². The van der Waals surface area contributed by atoms with Gasteiger partial charge in [0.1, 0.15) is 10.7 Å². The third-order valence-electron chi connectivity index (χ3n) is 5.15. The Hall–Kier alpha value is -2.35. The highest BCUT2D eigenvalue weighted by atomic mass is 35.5. The molecule has 0 bridgehead atoms. The van der Waals surface area contributed by atoms with Gasteiger partial charge in [0, 0.05) is 36.7 Å². The lowest BCUT2D eigenvalue weighted by Crippen LogP contribution is -2.33. The first kappa shape index (κ1) is 24.3. The Morgan fingerprint density at radius 3 is 2.72 bits per heavy atom. The van der Waals surface area contributed by atoms with Crippen LogP contribution in [-0.4, -0.2) is 53.1 Å². The number of aromatic nitrogens is 2. The number of nitro groups is 1. The summed E-state index contributed by atoms with van der Waals surface area (Å²) in [5.41, 5.74) is -1.80. The molecule has 0 aliphatic carbocycles. The van der Waals surface area contributed by atoms with E-state index in [1.165, 1.54) is 23.1 Å². The number of carbonyl (C=O) groups is 1. The van der Waals surface area contributed by atoms with Crippen molar-refractivity contribution < 1.29 is 32.0 Å². The van der Waals surface area contributed by atoms with Gasteiger partial charge in [-0.15, -0.1) is 0 Å².